The minimum Gasteiger partial charge on any atom is -0.508 e. The Morgan fingerprint density at radius 3 is 2.44 bits per heavy atom. The monoisotopic (exact) mass is 250 g/mol. The van der Waals surface area contributed by atoms with Gasteiger partial charge in [-0.2, -0.15) is 0 Å². The molecule has 0 heterocycles. The highest BCUT2D eigenvalue weighted by molar-refractivity contribution is 5.72. The van der Waals surface area contributed by atoms with Crippen LogP contribution in [0.2, 0.25) is 0 Å². The van der Waals surface area contributed by atoms with Gasteiger partial charge in [0.2, 0.25) is 0 Å². The molecule has 0 unspecified atom stereocenters. The Labute approximate surface area is 109 Å². The topological polar surface area (TPSA) is 46.5 Å². The van der Waals surface area contributed by atoms with Crippen molar-refractivity contribution in [3.63, 3.8) is 0 Å². The van der Waals surface area contributed by atoms with Crippen LogP contribution in [0.3, 0.4) is 0 Å². The van der Waals surface area contributed by atoms with Crippen LogP contribution in [0.15, 0.2) is 18.2 Å². The summed E-state index contributed by atoms with van der Waals surface area (Å²) in [6, 6.07) is 4.91. The van der Waals surface area contributed by atoms with E-state index in [1.165, 1.54) is 0 Å². The number of benzene rings is 1. The Balaban J connectivity index is 2.89. The number of rotatable bonds is 3. The van der Waals surface area contributed by atoms with E-state index in [9.17, 15) is 9.90 Å². The van der Waals surface area contributed by atoms with E-state index in [4.69, 9.17) is 4.74 Å². The van der Waals surface area contributed by atoms with Crippen LogP contribution in [-0.4, -0.2) is 11.1 Å². The van der Waals surface area contributed by atoms with Crippen molar-refractivity contribution < 1.29 is 14.6 Å². The summed E-state index contributed by atoms with van der Waals surface area (Å²) in [5, 5.41) is 9.81. The van der Waals surface area contributed by atoms with E-state index in [-0.39, 0.29) is 23.1 Å². The lowest BCUT2D eigenvalue weighted by Crippen LogP contribution is -2.14. The molecule has 1 rings (SSSR count). The van der Waals surface area contributed by atoms with Crippen LogP contribution in [0.5, 0.6) is 11.5 Å². The zero-order valence-electron chi connectivity index (χ0n) is 11.8. The van der Waals surface area contributed by atoms with Gasteiger partial charge in [0.1, 0.15) is 11.5 Å². The van der Waals surface area contributed by atoms with Crippen molar-refractivity contribution in [3.05, 3.63) is 23.8 Å². The van der Waals surface area contributed by atoms with Crippen LogP contribution < -0.4 is 4.74 Å². The van der Waals surface area contributed by atoms with E-state index in [0.717, 1.165) is 5.56 Å². The molecule has 0 saturated heterocycles. The van der Waals surface area contributed by atoms with Gasteiger partial charge >= 0.3 is 5.97 Å². The summed E-state index contributed by atoms with van der Waals surface area (Å²) in [5.74, 6) is 0.752. The molecule has 0 aliphatic carbocycles. The van der Waals surface area contributed by atoms with E-state index in [1.807, 2.05) is 34.6 Å². The van der Waals surface area contributed by atoms with E-state index in [2.05, 4.69) is 0 Å². The van der Waals surface area contributed by atoms with Crippen LogP contribution >= 0.6 is 0 Å². The summed E-state index contributed by atoms with van der Waals surface area (Å²) in [5.41, 5.74) is 0.585. The summed E-state index contributed by atoms with van der Waals surface area (Å²) in [6.07, 6.45) is 0.395. The van der Waals surface area contributed by atoms with Gasteiger partial charge in [-0.15, -0.1) is 0 Å². The van der Waals surface area contributed by atoms with Crippen LogP contribution in [0, 0.1) is 5.92 Å². The molecule has 1 aromatic rings. The normalized spacial score (nSPS) is 11.7. The van der Waals surface area contributed by atoms with Gasteiger partial charge in [0, 0.05) is 12.0 Å². The number of hydrogen-bond acceptors (Lipinski definition) is 3. The van der Waals surface area contributed by atoms with Gasteiger partial charge in [0.25, 0.3) is 0 Å². The van der Waals surface area contributed by atoms with Gasteiger partial charge in [-0.1, -0.05) is 34.6 Å². The first-order valence-electron chi connectivity index (χ1n) is 6.24. The highest BCUT2D eigenvalue weighted by atomic mass is 16.5. The molecule has 0 fully saturated rings. The Morgan fingerprint density at radius 2 is 1.94 bits per heavy atom. The first-order chi connectivity index (χ1) is 8.20. The Morgan fingerprint density at radius 1 is 1.33 bits per heavy atom. The van der Waals surface area contributed by atoms with Crippen molar-refractivity contribution in [2.75, 3.05) is 0 Å². The molecule has 0 aliphatic heterocycles. The molecular formula is C15H22O3. The zero-order chi connectivity index (χ0) is 13.9. The van der Waals surface area contributed by atoms with E-state index in [1.54, 1.807) is 18.2 Å². The molecule has 3 nitrogen and oxygen atoms in total. The molecule has 3 heteroatoms. The second-order valence-corrected chi connectivity index (χ2v) is 6.00. The van der Waals surface area contributed by atoms with Crippen LogP contribution in [-0.2, 0) is 10.2 Å². The number of phenols is 1. The standard InChI is InChI=1S/C15H22O3/c1-10(2)8-14(17)18-11-6-7-13(16)12(9-11)15(3,4)5/h6-7,9-10,16H,8H2,1-5H3. The summed E-state index contributed by atoms with van der Waals surface area (Å²) < 4.78 is 5.27. The Hall–Kier alpha value is -1.51. The molecule has 0 bridgehead atoms. The van der Waals surface area contributed by atoms with Gasteiger partial charge < -0.3 is 9.84 Å². The SMILES string of the molecule is CC(C)CC(=O)Oc1ccc(O)c(C(C)(C)C)c1. The molecule has 0 spiro atoms. The second-order valence-electron chi connectivity index (χ2n) is 6.00. The third-order valence-corrected chi connectivity index (χ3v) is 2.58. The maximum Gasteiger partial charge on any atom is 0.311 e. The number of carbonyl (C=O) groups is 1. The van der Waals surface area contributed by atoms with E-state index < -0.39 is 0 Å². The Bertz CT molecular complexity index is 428. The van der Waals surface area contributed by atoms with Crippen LogP contribution in [0.4, 0.5) is 0 Å². The van der Waals surface area contributed by atoms with Crippen molar-refractivity contribution in [2.24, 2.45) is 5.92 Å². The van der Waals surface area contributed by atoms with Crippen molar-refractivity contribution in [2.45, 2.75) is 46.5 Å². The molecule has 18 heavy (non-hydrogen) atoms. The maximum absolute atomic E-state index is 11.6. The van der Waals surface area contributed by atoms with Gasteiger partial charge in [-0.3, -0.25) is 4.79 Å². The quantitative estimate of drug-likeness (QED) is 0.658. The van der Waals surface area contributed by atoms with Gasteiger partial charge in [0.05, 0.1) is 0 Å². The third-order valence-electron chi connectivity index (χ3n) is 2.58. The number of aromatic hydroxyl groups is 1. The molecular weight excluding hydrogens is 228 g/mol. The molecule has 1 aromatic carbocycles. The number of phenolic OH excluding ortho intramolecular Hbond substituents is 1. The van der Waals surface area contributed by atoms with Crippen molar-refractivity contribution in [1.82, 2.24) is 0 Å². The predicted octanol–water partition coefficient (Wildman–Crippen LogP) is 3.64. The van der Waals surface area contributed by atoms with E-state index in [0.29, 0.717) is 12.2 Å². The molecule has 0 amide bonds. The van der Waals surface area contributed by atoms with Crippen molar-refractivity contribution in [1.29, 1.82) is 0 Å². The predicted molar refractivity (Wildman–Crippen MR) is 71.9 cm³/mol. The van der Waals surface area contributed by atoms with E-state index >= 15 is 0 Å². The first kappa shape index (κ1) is 14.6. The fourth-order valence-corrected chi connectivity index (χ4v) is 1.69. The average molecular weight is 250 g/mol. The fraction of sp³-hybridized carbons (Fsp3) is 0.533. The molecule has 100 valence electrons. The summed E-state index contributed by atoms with van der Waals surface area (Å²) >= 11 is 0. The van der Waals surface area contributed by atoms with Crippen LogP contribution in [0.1, 0.15) is 46.6 Å². The van der Waals surface area contributed by atoms with Crippen molar-refractivity contribution >= 4 is 5.97 Å². The molecule has 1 N–H and O–H groups in total. The third kappa shape index (κ3) is 4.06. The lowest BCUT2D eigenvalue weighted by Gasteiger charge is -2.21. The number of carbonyl (C=O) groups excluding carboxylic acids is 1. The molecule has 0 saturated carbocycles. The summed E-state index contributed by atoms with van der Waals surface area (Å²) in [6.45, 7) is 9.95. The first-order valence-corrected chi connectivity index (χ1v) is 6.24. The average Bonchev–Trinajstić information content (AvgIpc) is 2.17. The summed E-state index contributed by atoms with van der Waals surface area (Å²) in [4.78, 5) is 11.6. The van der Waals surface area contributed by atoms with Gasteiger partial charge in [-0.25, -0.2) is 0 Å². The second kappa shape index (κ2) is 5.42. The molecule has 0 aromatic heterocycles. The van der Waals surface area contributed by atoms with Gasteiger partial charge in [-0.05, 0) is 29.5 Å². The largest absolute Gasteiger partial charge is 0.508 e. The highest BCUT2D eigenvalue weighted by Gasteiger charge is 2.19. The maximum atomic E-state index is 11.6. The molecule has 0 aliphatic rings. The minimum absolute atomic E-state index is 0.190. The number of ether oxygens (including phenoxy) is 1. The minimum atomic E-state index is -0.240. The van der Waals surface area contributed by atoms with Crippen molar-refractivity contribution in [3.8, 4) is 11.5 Å². The van der Waals surface area contributed by atoms with Gasteiger partial charge in [0.15, 0.2) is 0 Å². The number of hydrogen-bond donors (Lipinski definition) is 1. The zero-order valence-corrected chi connectivity index (χ0v) is 11.8. The summed E-state index contributed by atoms with van der Waals surface area (Å²) in [7, 11) is 0. The lowest BCUT2D eigenvalue weighted by molar-refractivity contribution is -0.135. The smallest absolute Gasteiger partial charge is 0.311 e. The Kier molecular flexibility index (Phi) is 4.38. The van der Waals surface area contributed by atoms with Crippen LogP contribution in [0.25, 0.3) is 0 Å². The highest BCUT2D eigenvalue weighted by Crippen LogP contribution is 2.33. The molecule has 0 radical (unpaired) electrons. The number of esters is 1. The molecule has 0 atom stereocenters. The fourth-order valence-electron chi connectivity index (χ4n) is 1.69. The lowest BCUT2D eigenvalue weighted by atomic mass is 9.86.